The molecule has 1 aromatic carbocycles. The number of benzene rings is 1. The topological polar surface area (TPSA) is 26.0 Å². The summed E-state index contributed by atoms with van der Waals surface area (Å²) in [4.78, 5) is 4.06. The van der Waals surface area contributed by atoms with Crippen molar-refractivity contribution in [1.29, 1.82) is 0 Å². The lowest BCUT2D eigenvalue weighted by atomic mass is 10.1. The van der Waals surface area contributed by atoms with Gasteiger partial charge in [-0.25, -0.2) is 4.98 Å². The molecule has 0 saturated carbocycles. The van der Waals surface area contributed by atoms with Crippen molar-refractivity contribution in [3.8, 4) is 11.5 Å². The van der Waals surface area contributed by atoms with Crippen molar-refractivity contribution in [3.63, 3.8) is 0 Å². The fourth-order valence-corrected chi connectivity index (χ4v) is 1.16. The zero-order chi connectivity index (χ0) is 9.10. The Morgan fingerprint density at radius 3 is 3.00 bits per heavy atom. The zero-order valence-electron chi connectivity index (χ0n) is 7.10. The highest BCUT2D eigenvalue weighted by molar-refractivity contribution is 5.60. The molecule has 0 aliphatic rings. The molecule has 0 fully saturated rings. The molecule has 2 heteroatoms. The molecule has 0 spiro atoms. The summed E-state index contributed by atoms with van der Waals surface area (Å²) in [6.45, 7) is 3.70. The maximum atomic E-state index is 5.17. The van der Waals surface area contributed by atoms with Crippen molar-refractivity contribution >= 4 is 6.08 Å². The smallest absolute Gasteiger partial charge is 0.225 e. The maximum Gasteiger partial charge on any atom is 0.225 e. The normalized spacial score (nSPS) is 9.85. The lowest BCUT2D eigenvalue weighted by molar-refractivity contribution is 0.574. The molecule has 64 valence electrons. The minimum atomic E-state index is 0.642. The first-order valence-corrected chi connectivity index (χ1v) is 4.02. The van der Waals surface area contributed by atoms with Crippen molar-refractivity contribution < 1.29 is 4.42 Å². The van der Waals surface area contributed by atoms with Gasteiger partial charge in [-0.2, -0.15) is 0 Å². The lowest BCUT2D eigenvalue weighted by Crippen LogP contribution is -1.77. The Balaban J connectivity index is 2.47. The molecule has 2 nitrogen and oxygen atoms in total. The average molecular weight is 171 g/mol. The summed E-state index contributed by atoms with van der Waals surface area (Å²) < 4.78 is 5.17. The van der Waals surface area contributed by atoms with Crippen LogP contribution in [0.2, 0.25) is 0 Å². The first kappa shape index (κ1) is 7.80. The predicted molar refractivity (Wildman–Crippen MR) is 52.0 cm³/mol. The quantitative estimate of drug-likeness (QED) is 0.694. The van der Waals surface area contributed by atoms with Gasteiger partial charge in [0.05, 0.1) is 6.20 Å². The van der Waals surface area contributed by atoms with Gasteiger partial charge in [0.15, 0.2) is 0 Å². The van der Waals surface area contributed by atoms with Crippen LogP contribution < -0.4 is 0 Å². The second-order valence-corrected chi connectivity index (χ2v) is 2.67. The fraction of sp³-hybridized carbons (Fsp3) is 0. The van der Waals surface area contributed by atoms with Crippen LogP contribution in [-0.2, 0) is 0 Å². The van der Waals surface area contributed by atoms with Crippen molar-refractivity contribution in [2.45, 2.75) is 0 Å². The second-order valence-electron chi connectivity index (χ2n) is 2.67. The van der Waals surface area contributed by atoms with E-state index in [4.69, 9.17) is 4.42 Å². The van der Waals surface area contributed by atoms with Crippen LogP contribution in [0.4, 0.5) is 0 Å². The van der Waals surface area contributed by atoms with Gasteiger partial charge in [-0.3, -0.25) is 0 Å². The molecule has 0 saturated heterocycles. The highest BCUT2D eigenvalue weighted by atomic mass is 16.3. The molecule has 0 aliphatic heterocycles. The number of nitrogens with zero attached hydrogens (tertiary/aromatic N) is 1. The van der Waals surface area contributed by atoms with E-state index in [1.54, 1.807) is 18.5 Å². The third-order valence-corrected chi connectivity index (χ3v) is 1.80. The molecule has 2 rings (SSSR count). The van der Waals surface area contributed by atoms with E-state index in [9.17, 15) is 0 Å². The minimum absolute atomic E-state index is 0.642. The van der Waals surface area contributed by atoms with Crippen LogP contribution in [0.5, 0.6) is 0 Å². The van der Waals surface area contributed by atoms with Gasteiger partial charge < -0.3 is 4.42 Å². The van der Waals surface area contributed by atoms with E-state index in [0.29, 0.717) is 5.89 Å². The van der Waals surface area contributed by atoms with Gasteiger partial charge in [0.2, 0.25) is 5.89 Å². The number of hydrogen-bond acceptors (Lipinski definition) is 2. The summed E-state index contributed by atoms with van der Waals surface area (Å²) in [6.07, 6.45) is 5.00. The second kappa shape index (κ2) is 3.27. The SMILES string of the molecule is C=Cc1cccc(-c2ncco2)c1. The Kier molecular flexibility index (Phi) is 1.96. The Labute approximate surface area is 76.5 Å². The van der Waals surface area contributed by atoms with E-state index in [1.807, 2.05) is 24.3 Å². The molecule has 0 amide bonds. The van der Waals surface area contributed by atoms with Crippen molar-refractivity contribution in [2.75, 3.05) is 0 Å². The van der Waals surface area contributed by atoms with Gasteiger partial charge in [0.1, 0.15) is 6.26 Å². The highest BCUT2D eigenvalue weighted by Crippen LogP contribution is 2.18. The monoisotopic (exact) mass is 171 g/mol. The third-order valence-electron chi connectivity index (χ3n) is 1.80. The molecule has 0 bridgehead atoms. The molecule has 1 heterocycles. The molecule has 0 radical (unpaired) electrons. The van der Waals surface area contributed by atoms with Crippen LogP contribution in [0.1, 0.15) is 5.56 Å². The van der Waals surface area contributed by atoms with Gasteiger partial charge in [0, 0.05) is 5.56 Å². The third kappa shape index (κ3) is 1.51. The largest absolute Gasteiger partial charge is 0.445 e. The van der Waals surface area contributed by atoms with Crippen molar-refractivity contribution in [1.82, 2.24) is 4.98 Å². The summed E-state index contributed by atoms with van der Waals surface area (Å²) in [6, 6.07) is 7.88. The Hall–Kier alpha value is -1.83. The van der Waals surface area contributed by atoms with E-state index in [0.717, 1.165) is 11.1 Å². The van der Waals surface area contributed by atoms with E-state index in [-0.39, 0.29) is 0 Å². The predicted octanol–water partition coefficient (Wildman–Crippen LogP) is 2.98. The summed E-state index contributed by atoms with van der Waals surface area (Å²) in [5.41, 5.74) is 2.04. The molecule has 2 aromatic rings. The molecule has 0 aliphatic carbocycles. The molecule has 0 N–H and O–H groups in total. The van der Waals surface area contributed by atoms with E-state index < -0.39 is 0 Å². The van der Waals surface area contributed by atoms with Crippen LogP contribution in [0.3, 0.4) is 0 Å². The van der Waals surface area contributed by atoms with E-state index >= 15 is 0 Å². The van der Waals surface area contributed by atoms with E-state index in [1.165, 1.54) is 0 Å². The minimum Gasteiger partial charge on any atom is -0.445 e. The van der Waals surface area contributed by atoms with Crippen LogP contribution in [0, 0.1) is 0 Å². The zero-order valence-corrected chi connectivity index (χ0v) is 7.10. The first-order valence-electron chi connectivity index (χ1n) is 4.02. The number of aromatic nitrogens is 1. The molecular weight excluding hydrogens is 162 g/mol. The number of rotatable bonds is 2. The highest BCUT2D eigenvalue weighted by Gasteiger charge is 2.00. The summed E-state index contributed by atoms with van der Waals surface area (Å²) in [7, 11) is 0. The molecule has 13 heavy (non-hydrogen) atoms. The van der Waals surface area contributed by atoms with Gasteiger partial charge in [-0.15, -0.1) is 0 Å². The average Bonchev–Trinajstić information content (AvgIpc) is 2.71. The lowest BCUT2D eigenvalue weighted by Gasteiger charge is -1.96. The Morgan fingerprint density at radius 1 is 1.38 bits per heavy atom. The van der Waals surface area contributed by atoms with Crippen LogP contribution in [0.15, 0.2) is 47.7 Å². The summed E-state index contributed by atoms with van der Waals surface area (Å²) in [5.74, 6) is 0.642. The van der Waals surface area contributed by atoms with Crippen molar-refractivity contribution in [3.05, 3.63) is 48.9 Å². The Morgan fingerprint density at radius 2 is 2.31 bits per heavy atom. The fourth-order valence-electron chi connectivity index (χ4n) is 1.16. The van der Waals surface area contributed by atoms with E-state index in [2.05, 4.69) is 11.6 Å². The van der Waals surface area contributed by atoms with Gasteiger partial charge in [0.25, 0.3) is 0 Å². The Bertz CT molecular complexity index is 404. The molecule has 1 aromatic heterocycles. The maximum absolute atomic E-state index is 5.17. The first-order chi connectivity index (χ1) is 6.40. The summed E-state index contributed by atoms with van der Waals surface area (Å²) >= 11 is 0. The van der Waals surface area contributed by atoms with Crippen molar-refractivity contribution in [2.24, 2.45) is 0 Å². The van der Waals surface area contributed by atoms with Crippen LogP contribution >= 0.6 is 0 Å². The van der Waals surface area contributed by atoms with Crippen LogP contribution in [-0.4, -0.2) is 4.98 Å². The summed E-state index contributed by atoms with van der Waals surface area (Å²) in [5, 5.41) is 0. The van der Waals surface area contributed by atoms with Gasteiger partial charge in [-0.1, -0.05) is 24.8 Å². The standard InChI is InChI=1S/C11H9NO/c1-2-9-4-3-5-10(8-9)11-12-6-7-13-11/h2-8H,1H2. The number of oxazole rings is 1. The molecule has 0 unspecified atom stereocenters. The molecular formula is C11H9NO. The van der Waals surface area contributed by atoms with Gasteiger partial charge in [-0.05, 0) is 17.7 Å². The number of hydrogen-bond donors (Lipinski definition) is 0. The van der Waals surface area contributed by atoms with Gasteiger partial charge >= 0.3 is 0 Å². The molecule has 0 atom stereocenters. The van der Waals surface area contributed by atoms with Crippen LogP contribution in [0.25, 0.3) is 17.5 Å².